The molecule has 0 radical (unpaired) electrons. The zero-order valence-corrected chi connectivity index (χ0v) is 21.0. The van der Waals surface area contributed by atoms with E-state index in [0.717, 1.165) is 60.4 Å². The molecule has 2 aromatic heterocycles. The van der Waals surface area contributed by atoms with Crippen molar-refractivity contribution in [1.82, 2.24) is 19.7 Å². The zero-order chi connectivity index (χ0) is 24.3. The van der Waals surface area contributed by atoms with Gasteiger partial charge >= 0.3 is 0 Å². The van der Waals surface area contributed by atoms with Crippen molar-refractivity contribution in [2.75, 3.05) is 12.3 Å². The molecule has 0 saturated heterocycles. The van der Waals surface area contributed by atoms with E-state index >= 15 is 0 Å². The third kappa shape index (κ3) is 7.09. The molecule has 6 nitrogen and oxygen atoms in total. The predicted molar refractivity (Wildman–Crippen MR) is 140 cm³/mol. The van der Waals surface area contributed by atoms with Gasteiger partial charge in [0.1, 0.15) is 0 Å². The van der Waals surface area contributed by atoms with Crippen LogP contribution in [0, 0.1) is 0 Å². The average molecular weight is 489 g/mol. The Morgan fingerprint density at radius 1 is 0.943 bits per heavy atom. The van der Waals surface area contributed by atoms with Crippen molar-refractivity contribution in [2.24, 2.45) is 0 Å². The first kappa shape index (κ1) is 24.8. The van der Waals surface area contributed by atoms with E-state index in [-0.39, 0.29) is 5.91 Å². The Morgan fingerprint density at radius 3 is 2.37 bits per heavy atom. The standard InChI is InChI=1S/C28H32N4O2S/c1-2-32-27(25-16-11-20-34-25)29-30-28(32)35-21-10-9-17-26(33)31(22-24-14-7-4-8-15-24)19-18-23-12-5-3-6-13-23/h3-8,11-16,20H,2,9-10,17-19,21-22H2,1H3. The Hall–Kier alpha value is -3.32. The van der Waals surface area contributed by atoms with Crippen molar-refractivity contribution in [3.8, 4) is 11.6 Å². The first-order valence-corrected chi connectivity index (χ1v) is 13.2. The van der Waals surface area contributed by atoms with Gasteiger partial charge in [-0.15, -0.1) is 10.2 Å². The van der Waals surface area contributed by atoms with Gasteiger partial charge in [0.05, 0.1) is 6.26 Å². The minimum absolute atomic E-state index is 0.214. The number of nitrogens with zero attached hydrogens (tertiary/aromatic N) is 4. The number of unbranched alkanes of at least 4 members (excludes halogenated alkanes) is 1. The van der Waals surface area contributed by atoms with Crippen molar-refractivity contribution >= 4 is 17.7 Å². The lowest BCUT2D eigenvalue weighted by Crippen LogP contribution is -2.32. The highest BCUT2D eigenvalue weighted by atomic mass is 32.2. The fourth-order valence-electron chi connectivity index (χ4n) is 3.97. The average Bonchev–Trinajstić information content (AvgIpc) is 3.57. The molecule has 7 heteroatoms. The number of hydrogen-bond donors (Lipinski definition) is 0. The summed E-state index contributed by atoms with van der Waals surface area (Å²) < 4.78 is 7.55. The Balaban J connectivity index is 1.27. The molecule has 0 fully saturated rings. The number of amides is 1. The molecular weight excluding hydrogens is 456 g/mol. The van der Waals surface area contributed by atoms with Crippen molar-refractivity contribution in [1.29, 1.82) is 0 Å². The van der Waals surface area contributed by atoms with Crippen LogP contribution in [0.1, 0.15) is 37.3 Å². The Morgan fingerprint density at radius 2 is 1.69 bits per heavy atom. The van der Waals surface area contributed by atoms with Gasteiger partial charge in [0, 0.05) is 31.8 Å². The SMILES string of the molecule is CCn1c(SCCCCC(=O)N(CCc2ccccc2)Cc2ccccc2)nnc1-c1ccco1. The fraction of sp³-hybridized carbons (Fsp3) is 0.321. The van der Waals surface area contributed by atoms with E-state index in [0.29, 0.717) is 13.0 Å². The number of benzene rings is 2. The molecule has 1 amide bonds. The maximum absolute atomic E-state index is 13.1. The lowest BCUT2D eigenvalue weighted by molar-refractivity contribution is -0.131. The third-order valence-electron chi connectivity index (χ3n) is 5.87. The summed E-state index contributed by atoms with van der Waals surface area (Å²) >= 11 is 1.68. The van der Waals surface area contributed by atoms with Crippen LogP contribution in [0.3, 0.4) is 0 Å². The molecule has 0 spiro atoms. The van der Waals surface area contributed by atoms with E-state index in [2.05, 4.69) is 46.0 Å². The summed E-state index contributed by atoms with van der Waals surface area (Å²) in [6.07, 6.45) is 4.86. The topological polar surface area (TPSA) is 64.2 Å². The number of aromatic nitrogens is 3. The maximum Gasteiger partial charge on any atom is 0.222 e. The molecular formula is C28H32N4O2S. The van der Waals surface area contributed by atoms with Gasteiger partial charge < -0.3 is 9.32 Å². The lowest BCUT2D eigenvalue weighted by atomic mass is 10.1. The van der Waals surface area contributed by atoms with E-state index in [1.54, 1.807) is 18.0 Å². The second-order valence-corrected chi connectivity index (χ2v) is 9.43. The second kappa shape index (κ2) is 13.0. The molecule has 4 aromatic rings. The summed E-state index contributed by atoms with van der Waals surface area (Å²) in [7, 11) is 0. The molecule has 0 atom stereocenters. The Bertz CT molecular complexity index is 1160. The molecule has 182 valence electrons. The molecule has 0 aliphatic heterocycles. The fourth-order valence-corrected chi connectivity index (χ4v) is 4.97. The largest absolute Gasteiger partial charge is 0.461 e. The number of furan rings is 1. The van der Waals surface area contributed by atoms with E-state index in [1.165, 1.54) is 5.56 Å². The highest BCUT2D eigenvalue weighted by Gasteiger charge is 2.16. The van der Waals surface area contributed by atoms with Crippen LogP contribution in [-0.4, -0.2) is 37.9 Å². The smallest absolute Gasteiger partial charge is 0.222 e. The molecule has 0 bridgehead atoms. The number of hydrogen-bond acceptors (Lipinski definition) is 5. The van der Waals surface area contributed by atoms with E-state index in [4.69, 9.17) is 4.42 Å². The van der Waals surface area contributed by atoms with Crippen molar-refractivity contribution in [2.45, 2.75) is 50.9 Å². The lowest BCUT2D eigenvalue weighted by Gasteiger charge is -2.23. The van der Waals surface area contributed by atoms with Gasteiger partial charge in [-0.25, -0.2) is 0 Å². The van der Waals surface area contributed by atoms with Crippen LogP contribution >= 0.6 is 11.8 Å². The number of carbonyl (C=O) groups is 1. The molecule has 4 rings (SSSR count). The number of carbonyl (C=O) groups excluding carboxylic acids is 1. The van der Waals surface area contributed by atoms with E-state index < -0.39 is 0 Å². The molecule has 0 saturated carbocycles. The van der Waals surface area contributed by atoms with Gasteiger partial charge in [0.15, 0.2) is 16.7 Å². The van der Waals surface area contributed by atoms with E-state index in [9.17, 15) is 4.79 Å². The van der Waals surface area contributed by atoms with Crippen LogP contribution in [0.5, 0.6) is 0 Å². The minimum Gasteiger partial charge on any atom is -0.461 e. The normalized spacial score (nSPS) is 11.0. The molecule has 0 aliphatic rings. The first-order chi connectivity index (χ1) is 17.2. The van der Waals surface area contributed by atoms with Gasteiger partial charge in [-0.2, -0.15) is 0 Å². The van der Waals surface area contributed by atoms with Gasteiger partial charge in [0.2, 0.25) is 5.91 Å². The third-order valence-corrected chi connectivity index (χ3v) is 6.93. The van der Waals surface area contributed by atoms with Crippen LogP contribution in [0.4, 0.5) is 0 Å². The molecule has 35 heavy (non-hydrogen) atoms. The van der Waals surface area contributed by atoms with Crippen LogP contribution in [0.25, 0.3) is 11.6 Å². The Labute approximate surface area is 211 Å². The minimum atomic E-state index is 0.214. The molecule has 0 unspecified atom stereocenters. The number of thioether (sulfide) groups is 1. The summed E-state index contributed by atoms with van der Waals surface area (Å²) in [4.78, 5) is 15.1. The Kier molecular flexibility index (Phi) is 9.17. The summed E-state index contributed by atoms with van der Waals surface area (Å²) in [6, 6.07) is 24.3. The van der Waals surface area contributed by atoms with Gasteiger partial charge in [-0.05, 0) is 49.4 Å². The highest BCUT2D eigenvalue weighted by Crippen LogP contribution is 2.25. The van der Waals surface area contributed by atoms with Crippen LogP contribution < -0.4 is 0 Å². The molecule has 0 N–H and O–H groups in total. The van der Waals surface area contributed by atoms with Gasteiger partial charge in [0.25, 0.3) is 0 Å². The van der Waals surface area contributed by atoms with Gasteiger partial charge in [-0.3, -0.25) is 9.36 Å². The van der Waals surface area contributed by atoms with E-state index in [1.807, 2.05) is 53.4 Å². The zero-order valence-electron chi connectivity index (χ0n) is 20.2. The summed E-state index contributed by atoms with van der Waals surface area (Å²) in [5.74, 6) is 2.59. The molecule has 0 aliphatic carbocycles. The summed E-state index contributed by atoms with van der Waals surface area (Å²) in [5.41, 5.74) is 2.42. The first-order valence-electron chi connectivity index (χ1n) is 12.2. The quantitative estimate of drug-likeness (QED) is 0.168. The summed E-state index contributed by atoms with van der Waals surface area (Å²) in [5, 5.41) is 9.54. The van der Waals surface area contributed by atoms with Gasteiger partial charge in [-0.1, -0.05) is 72.4 Å². The monoisotopic (exact) mass is 488 g/mol. The van der Waals surface area contributed by atoms with Crippen LogP contribution in [0.2, 0.25) is 0 Å². The molecule has 2 aromatic carbocycles. The second-order valence-electron chi connectivity index (χ2n) is 8.37. The van der Waals surface area contributed by atoms with Crippen LogP contribution in [0.15, 0.2) is 88.6 Å². The maximum atomic E-state index is 13.1. The highest BCUT2D eigenvalue weighted by molar-refractivity contribution is 7.99. The van der Waals surface area contributed by atoms with Crippen molar-refractivity contribution in [3.63, 3.8) is 0 Å². The van der Waals surface area contributed by atoms with Crippen molar-refractivity contribution < 1.29 is 9.21 Å². The number of rotatable bonds is 13. The molecule has 2 heterocycles. The van der Waals surface area contributed by atoms with Crippen molar-refractivity contribution in [3.05, 3.63) is 90.2 Å². The summed E-state index contributed by atoms with van der Waals surface area (Å²) in [6.45, 7) is 4.23. The van der Waals surface area contributed by atoms with Crippen LogP contribution in [-0.2, 0) is 24.3 Å². The predicted octanol–water partition coefficient (Wildman–Crippen LogP) is 6.09.